The smallest absolute Gasteiger partial charge is 0.265 e. The fraction of sp³-hybridized carbons (Fsp3) is 0.350. The Hall–Kier alpha value is -2.49. The first-order chi connectivity index (χ1) is 11.3. The number of anilines is 1. The maximum Gasteiger partial charge on any atom is 0.265 e. The van der Waals surface area contributed by atoms with Crippen LogP contribution in [0, 0.1) is 0 Å². The highest BCUT2D eigenvalue weighted by molar-refractivity contribution is 5.94. The molecule has 128 valence electrons. The largest absolute Gasteiger partial charge is 0.497 e. The predicted molar refractivity (Wildman–Crippen MR) is 96.9 cm³/mol. The van der Waals surface area contributed by atoms with Gasteiger partial charge in [-0.05, 0) is 42.2 Å². The van der Waals surface area contributed by atoms with Crippen LogP contribution in [-0.2, 0) is 10.2 Å². The Morgan fingerprint density at radius 3 is 2.38 bits per heavy atom. The van der Waals surface area contributed by atoms with Crippen molar-refractivity contribution >= 4 is 11.6 Å². The van der Waals surface area contributed by atoms with Gasteiger partial charge in [0.05, 0.1) is 7.11 Å². The van der Waals surface area contributed by atoms with Crippen LogP contribution in [0.15, 0.2) is 48.5 Å². The first-order valence-corrected chi connectivity index (χ1v) is 8.02. The SMILES string of the molecule is COc1cccc(NC(=O)C(C)Oc2cccc(C(C)(C)C)c2)c1. The molecule has 0 heterocycles. The molecule has 2 aromatic carbocycles. The highest BCUT2D eigenvalue weighted by atomic mass is 16.5. The first kappa shape index (κ1) is 17.9. The monoisotopic (exact) mass is 327 g/mol. The number of carbonyl (C=O) groups is 1. The third-order valence-electron chi connectivity index (χ3n) is 3.72. The van der Waals surface area contributed by atoms with Gasteiger partial charge in [0.15, 0.2) is 6.10 Å². The van der Waals surface area contributed by atoms with Gasteiger partial charge in [0.25, 0.3) is 5.91 Å². The van der Waals surface area contributed by atoms with Gasteiger partial charge < -0.3 is 14.8 Å². The van der Waals surface area contributed by atoms with Crippen molar-refractivity contribution in [3.8, 4) is 11.5 Å². The molecule has 24 heavy (non-hydrogen) atoms. The number of hydrogen-bond donors (Lipinski definition) is 1. The van der Waals surface area contributed by atoms with Crippen LogP contribution in [0.5, 0.6) is 11.5 Å². The van der Waals surface area contributed by atoms with Crippen molar-refractivity contribution < 1.29 is 14.3 Å². The predicted octanol–water partition coefficient (Wildman–Crippen LogP) is 4.40. The summed E-state index contributed by atoms with van der Waals surface area (Å²) < 4.78 is 11.0. The summed E-state index contributed by atoms with van der Waals surface area (Å²) in [7, 11) is 1.59. The zero-order valence-electron chi connectivity index (χ0n) is 14.9. The molecule has 0 aliphatic carbocycles. The van der Waals surface area contributed by atoms with E-state index in [2.05, 4.69) is 32.2 Å². The first-order valence-electron chi connectivity index (χ1n) is 8.02. The Morgan fingerprint density at radius 2 is 1.71 bits per heavy atom. The van der Waals surface area contributed by atoms with Crippen LogP contribution in [0.3, 0.4) is 0 Å². The van der Waals surface area contributed by atoms with E-state index in [9.17, 15) is 4.79 Å². The Bertz CT molecular complexity index is 704. The Balaban J connectivity index is 2.03. The molecule has 0 aliphatic rings. The van der Waals surface area contributed by atoms with Crippen LogP contribution in [0.2, 0.25) is 0 Å². The van der Waals surface area contributed by atoms with E-state index in [1.807, 2.05) is 36.4 Å². The molecule has 4 nitrogen and oxygen atoms in total. The molecule has 1 atom stereocenters. The molecule has 0 aliphatic heterocycles. The van der Waals surface area contributed by atoms with Gasteiger partial charge in [-0.2, -0.15) is 0 Å². The van der Waals surface area contributed by atoms with Gasteiger partial charge in [0.2, 0.25) is 0 Å². The van der Waals surface area contributed by atoms with E-state index in [1.54, 1.807) is 20.1 Å². The van der Waals surface area contributed by atoms with Crippen LogP contribution >= 0.6 is 0 Å². The fourth-order valence-electron chi connectivity index (χ4n) is 2.24. The van der Waals surface area contributed by atoms with Gasteiger partial charge in [-0.3, -0.25) is 4.79 Å². The normalized spacial score (nSPS) is 12.4. The molecule has 1 amide bonds. The second kappa shape index (κ2) is 7.39. The highest BCUT2D eigenvalue weighted by Crippen LogP contribution is 2.26. The molecule has 2 aromatic rings. The summed E-state index contributed by atoms with van der Waals surface area (Å²) >= 11 is 0. The number of ether oxygens (including phenoxy) is 2. The van der Waals surface area contributed by atoms with Crippen molar-refractivity contribution in [2.24, 2.45) is 0 Å². The maximum absolute atomic E-state index is 12.3. The lowest BCUT2D eigenvalue weighted by Crippen LogP contribution is -2.30. The summed E-state index contributed by atoms with van der Waals surface area (Å²) in [5.74, 6) is 1.18. The van der Waals surface area contributed by atoms with E-state index in [-0.39, 0.29) is 11.3 Å². The summed E-state index contributed by atoms with van der Waals surface area (Å²) in [6, 6.07) is 15.1. The van der Waals surface area contributed by atoms with Crippen molar-refractivity contribution in [2.75, 3.05) is 12.4 Å². The van der Waals surface area contributed by atoms with E-state index in [0.29, 0.717) is 17.2 Å². The summed E-state index contributed by atoms with van der Waals surface area (Å²) in [6.07, 6.45) is -0.605. The van der Waals surface area contributed by atoms with E-state index in [1.165, 1.54) is 5.56 Å². The van der Waals surface area contributed by atoms with Crippen molar-refractivity contribution in [3.63, 3.8) is 0 Å². The molecule has 2 rings (SSSR count). The molecule has 0 fully saturated rings. The number of amides is 1. The number of hydrogen-bond acceptors (Lipinski definition) is 3. The van der Waals surface area contributed by atoms with E-state index in [0.717, 1.165) is 0 Å². The van der Waals surface area contributed by atoms with Gasteiger partial charge in [-0.1, -0.05) is 39.0 Å². The second-order valence-electron chi connectivity index (χ2n) is 6.76. The Morgan fingerprint density at radius 1 is 1.04 bits per heavy atom. The molecule has 0 saturated carbocycles. The van der Waals surface area contributed by atoms with Gasteiger partial charge in [0, 0.05) is 11.8 Å². The molecule has 1 N–H and O–H groups in total. The molecule has 4 heteroatoms. The van der Waals surface area contributed by atoms with E-state index in [4.69, 9.17) is 9.47 Å². The Kier molecular flexibility index (Phi) is 5.50. The van der Waals surface area contributed by atoms with Gasteiger partial charge in [-0.15, -0.1) is 0 Å². The molecule has 0 saturated heterocycles. The minimum atomic E-state index is -0.605. The number of carbonyl (C=O) groups excluding carboxylic acids is 1. The number of benzene rings is 2. The summed E-state index contributed by atoms with van der Waals surface area (Å²) in [4.78, 5) is 12.3. The van der Waals surface area contributed by atoms with Gasteiger partial charge in [-0.25, -0.2) is 0 Å². The average Bonchev–Trinajstić information content (AvgIpc) is 2.54. The molecular formula is C20H25NO3. The van der Waals surface area contributed by atoms with Gasteiger partial charge in [0.1, 0.15) is 11.5 Å². The lowest BCUT2D eigenvalue weighted by atomic mass is 9.87. The lowest BCUT2D eigenvalue weighted by Gasteiger charge is -2.21. The number of methoxy groups -OCH3 is 1. The van der Waals surface area contributed by atoms with E-state index < -0.39 is 6.10 Å². The maximum atomic E-state index is 12.3. The topological polar surface area (TPSA) is 47.6 Å². The lowest BCUT2D eigenvalue weighted by molar-refractivity contribution is -0.122. The van der Waals surface area contributed by atoms with Crippen LogP contribution < -0.4 is 14.8 Å². The third kappa shape index (κ3) is 4.75. The zero-order valence-corrected chi connectivity index (χ0v) is 14.9. The number of nitrogens with one attached hydrogen (secondary N) is 1. The average molecular weight is 327 g/mol. The minimum absolute atomic E-state index is 0.0332. The summed E-state index contributed by atoms with van der Waals surface area (Å²) in [5.41, 5.74) is 1.88. The fourth-order valence-corrected chi connectivity index (χ4v) is 2.24. The summed E-state index contributed by atoms with van der Waals surface area (Å²) in [6.45, 7) is 8.17. The minimum Gasteiger partial charge on any atom is -0.497 e. The molecule has 1 unspecified atom stereocenters. The van der Waals surface area contributed by atoms with Crippen LogP contribution in [0.25, 0.3) is 0 Å². The molecule has 0 aromatic heterocycles. The van der Waals surface area contributed by atoms with Crippen molar-refractivity contribution in [1.82, 2.24) is 0 Å². The van der Waals surface area contributed by atoms with Crippen LogP contribution in [0.4, 0.5) is 5.69 Å². The quantitative estimate of drug-likeness (QED) is 0.885. The summed E-state index contributed by atoms with van der Waals surface area (Å²) in [5, 5.41) is 2.84. The molecule has 0 radical (unpaired) electrons. The molecule has 0 bridgehead atoms. The highest BCUT2D eigenvalue weighted by Gasteiger charge is 2.18. The molecule has 0 spiro atoms. The standard InChI is InChI=1S/C20H25NO3/c1-14(19(22)21-16-9-7-10-17(13-16)23-5)24-18-11-6-8-15(12-18)20(2,3)4/h6-14H,1-5H3,(H,21,22). The zero-order chi connectivity index (χ0) is 17.7. The Labute approximate surface area is 143 Å². The van der Waals surface area contributed by atoms with Crippen molar-refractivity contribution in [3.05, 3.63) is 54.1 Å². The third-order valence-corrected chi connectivity index (χ3v) is 3.72. The molecular weight excluding hydrogens is 302 g/mol. The van der Waals surface area contributed by atoms with Crippen LogP contribution in [0.1, 0.15) is 33.3 Å². The van der Waals surface area contributed by atoms with Crippen molar-refractivity contribution in [1.29, 1.82) is 0 Å². The van der Waals surface area contributed by atoms with E-state index >= 15 is 0 Å². The van der Waals surface area contributed by atoms with Gasteiger partial charge >= 0.3 is 0 Å². The van der Waals surface area contributed by atoms with Crippen molar-refractivity contribution in [2.45, 2.75) is 39.2 Å². The number of rotatable bonds is 5. The second-order valence-corrected chi connectivity index (χ2v) is 6.76. The van der Waals surface area contributed by atoms with Crippen LogP contribution in [-0.4, -0.2) is 19.1 Å².